The van der Waals surface area contributed by atoms with Gasteiger partial charge in [-0.2, -0.15) is 0 Å². The van der Waals surface area contributed by atoms with Crippen molar-refractivity contribution in [3.8, 4) is 5.75 Å². The van der Waals surface area contributed by atoms with Gasteiger partial charge in [-0.15, -0.1) is 0 Å². The van der Waals surface area contributed by atoms with E-state index in [-0.39, 0.29) is 5.91 Å². The van der Waals surface area contributed by atoms with Crippen LogP contribution in [0.1, 0.15) is 25.3 Å². The molecule has 0 heterocycles. The van der Waals surface area contributed by atoms with E-state index in [4.69, 9.17) is 10.3 Å². The van der Waals surface area contributed by atoms with E-state index in [9.17, 15) is 4.79 Å². The number of benzene rings is 1. The summed E-state index contributed by atoms with van der Waals surface area (Å²) >= 11 is 7.03. The lowest BCUT2D eigenvalue weighted by Gasteiger charge is -2.17. The van der Waals surface area contributed by atoms with Crippen molar-refractivity contribution in [2.24, 2.45) is 5.11 Å². The fraction of sp³-hybridized carbons (Fsp3) is 0.533. The molecule has 0 fully saturated rings. The zero-order chi connectivity index (χ0) is 17.2. The lowest BCUT2D eigenvalue weighted by Crippen LogP contribution is -2.27. The van der Waals surface area contributed by atoms with Gasteiger partial charge in [0.25, 0.3) is 0 Å². The van der Waals surface area contributed by atoms with Gasteiger partial charge in [0.15, 0.2) is 0 Å². The third-order valence-corrected chi connectivity index (χ3v) is 4.41. The minimum Gasteiger partial charge on any atom is -0.491 e. The number of ether oxygens (including phenoxy) is 1. The molecule has 1 aromatic rings. The van der Waals surface area contributed by atoms with Crippen molar-refractivity contribution in [3.63, 3.8) is 0 Å². The Morgan fingerprint density at radius 2 is 2.04 bits per heavy atom. The number of azide groups is 1. The van der Waals surface area contributed by atoms with Gasteiger partial charge in [0, 0.05) is 31.5 Å². The maximum absolute atomic E-state index is 11.6. The molecule has 0 unspecified atom stereocenters. The van der Waals surface area contributed by atoms with Gasteiger partial charge < -0.3 is 9.64 Å². The highest BCUT2D eigenvalue weighted by Gasteiger charge is 2.11. The van der Waals surface area contributed by atoms with E-state index >= 15 is 0 Å². The van der Waals surface area contributed by atoms with Gasteiger partial charge in [0.2, 0.25) is 5.91 Å². The van der Waals surface area contributed by atoms with Crippen molar-refractivity contribution in [3.05, 3.63) is 37.1 Å². The number of carbonyl (C=O) groups is 1. The van der Waals surface area contributed by atoms with E-state index in [0.717, 1.165) is 26.7 Å². The first kappa shape index (κ1) is 19.8. The summed E-state index contributed by atoms with van der Waals surface area (Å²) in [7, 11) is 1.82. The molecule has 0 atom stereocenters. The van der Waals surface area contributed by atoms with Crippen LogP contribution < -0.4 is 4.74 Å². The second-order valence-electron chi connectivity index (χ2n) is 4.96. The largest absolute Gasteiger partial charge is 0.491 e. The molecule has 23 heavy (non-hydrogen) atoms. The molecule has 0 aliphatic heterocycles. The topological polar surface area (TPSA) is 78.3 Å². The first-order chi connectivity index (χ1) is 11.0. The second kappa shape index (κ2) is 10.5. The number of amides is 1. The van der Waals surface area contributed by atoms with Crippen molar-refractivity contribution in [2.45, 2.75) is 26.2 Å². The van der Waals surface area contributed by atoms with Crippen LogP contribution in [-0.4, -0.2) is 37.6 Å². The molecule has 0 saturated carbocycles. The second-order valence-corrected chi connectivity index (χ2v) is 6.67. The fourth-order valence-corrected chi connectivity index (χ4v) is 3.45. The highest BCUT2D eigenvalue weighted by molar-refractivity contribution is 9.11. The number of nitrogens with zero attached hydrogens (tertiary/aromatic N) is 4. The Balaban J connectivity index is 2.62. The van der Waals surface area contributed by atoms with E-state index in [2.05, 4.69) is 41.9 Å². The summed E-state index contributed by atoms with van der Waals surface area (Å²) in [6, 6.07) is 4.00. The molecule has 0 spiro atoms. The number of halogens is 2. The molecule has 1 rings (SSSR count). The van der Waals surface area contributed by atoms with E-state index < -0.39 is 0 Å². The first-order valence-electron chi connectivity index (χ1n) is 7.35. The summed E-state index contributed by atoms with van der Waals surface area (Å²) in [5.74, 6) is 0.871. The SMILES string of the molecule is CCC(=O)N(C)CCc1cc(Br)c(OCCCN=[N+]=[N-])c(Br)c1. The van der Waals surface area contributed by atoms with Crippen molar-refractivity contribution in [1.82, 2.24) is 4.90 Å². The van der Waals surface area contributed by atoms with E-state index in [1.165, 1.54) is 0 Å². The van der Waals surface area contributed by atoms with Crippen LogP contribution >= 0.6 is 31.9 Å². The predicted octanol–water partition coefficient (Wildman–Crippen LogP) is 4.70. The van der Waals surface area contributed by atoms with E-state index in [1.54, 1.807) is 4.90 Å². The van der Waals surface area contributed by atoms with Gasteiger partial charge in [-0.3, -0.25) is 4.79 Å². The average molecular weight is 448 g/mol. The smallest absolute Gasteiger partial charge is 0.222 e. The molecule has 126 valence electrons. The highest BCUT2D eigenvalue weighted by Crippen LogP contribution is 2.35. The summed E-state index contributed by atoms with van der Waals surface area (Å²) in [5, 5.41) is 3.47. The fourth-order valence-electron chi connectivity index (χ4n) is 1.94. The minimum absolute atomic E-state index is 0.142. The molecule has 1 amide bonds. The molecule has 0 aromatic heterocycles. The highest BCUT2D eigenvalue weighted by atomic mass is 79.9. The number of rotatable bonds is 9. The predicted molar refractivity (Wildman–Crippen MR) is 97.6 cm³/mol. The van der Waals surface area contributed by atoms with Crippen LogP contribution in [0.2, 0.25) is 0 Å². The zero-order valence-corrected chi connectivity index (χ0v) is 16.4. The molecule has 8 heteroatoms. The Morgan fingerprint density at radius 1 is 1.39 bits per heavy atom. The van der Waals surface area contributed by atoms with Crippen molar-refractivity contribution >= 4 is 37.8 Å². The molecular formula is C15H20Br2N4O2. The molecule has 0 aliphatic carbocycles. The van der Waals surface area contributed by atoms with Crippen LogP contribution in [0.3, 0.4) is 0 Å². The number of hydrogen-bond donors (Lipinski definition) is 0. The van der Waals surface area contributed by atoms with Gasteiger partial charge in [0.1, 0.15) is 5.75 Å². The Morgan fingerprint density at radius 3 is 2.61 bits per heavy atom. The Labute approximate surface area is 153 Å². The molecule has 0 N–H and O–H groups in total. The van der Waals surface area contributed by atoms with Gasteiger partial charge in [-0.25, -0.2) is 0 Å². The maximum atomic E-state index is 11.6. The molecule has 1 aromatic carbocycles. The summed E-state index contributed by atoms with van der Waals surface area (Å²) < 4.78 is 7.42. The van der Waals surface area contributed by atoms with Crippen molar-refractivity contribution in [1.29, 1.82) is 0 Å². The standard InChI is InChI=1S/C15H20Br2N4O2/c1-3-14(22)21(2)7-5-11-9-12(16)15(13(17)10-11)23-8-4-6-19-20-18/h9-10H,3-8H2,1-2H3. The monoisotopic (exact) mass is 446 g/mol. The third kappa shape index (κ3) is 6.81. The number of likely N-dealkylation sites (N-methyl/N-ethyl adjacent to an activating group) is 1. The van der Waals surface area contributed by atoms with E-state index in [0.29, 0.717) is 32.5 Å². The molecule has 0 radical (unpaired) electrons. The molecule has 0 aliphatic rings. The maximum Gasteiger partial charge on any atom is 0.222 e. The average Bonchev–Trinajstić information content (AvgIpc) is 2.53. The molecule has 0 saturated heterocycles. The van der Waals surface area contributed by atoms with Crippen molar-refractivity contribution < 1.29 is 9.53 Å². The van der Waals surface area contributed by atoms with Crippen LogP contribution in [0.15, 0.2) is 26.2 Å². The van der Waals surface area contributed by atoms with Crippen LogP contribution in [0.5, 0.6) is 5.75 Å². The summed E-state index contributed by atoms with van der Waals surface area (Å²) in [6.07, 6.45) is 1.96. The van der Waals surface area contributed by atoms with Crippen LogP contribution in [0, 0.1) is 0 Å². The summed E-state index contributed by atoms with van der Waals surface area (Å²) in [6.45, 7) is 3.43. The van der Waals surface area contributed by atoms with Gasteiger partial charge in [-0.1, -0.05) is 12.0 Å². The van der Waals surface area contributed by atoms with Gasteiger partial charge >= 0.3 is 0 Å². The minimum atomic E-state index is 0.142. The molecule has 0 bridgehead atoms. The lowest BCUT2D eigenvalue weighted by molar-refractivity contribution is -0.129. The molecule has 6 nitrogen and oxygen atoms in total. The number of carbonyl (C=O) groups excluding carboxylic acids is 1. The third-order valence-electron chi connectivity index (χ3n) is 3.23. The van der Waals surface area contributed by atoms with Gasteiger partial charge in [0.05, 0.1) is 15.6 Å². The van der Waals surface area contributed by atoms with Gasteiger partial charge in [-0.05, 0) is 67.9 Å². The zero-order valence-electron chi connectivity index (χ0n) is 13.3. The van der Waals surface area contributed by atoms with Crippen LogP contribution in [0.4, 0.5) is 0 Å². The lowest BCUT2D eigenvalue weighted by atomic mass is 10.1. The first-order valence-corrected chi connectivity index (χ1v) is 8.93. The normalized spacial score (nSPS) is 10.1. The van der Waals surface area contributed by atoms with Crippen LogP contribution in [0.25, 0.3) is 10.4 Å². The Bertz CT molecular complexity index is 566. The summed E-state index contributed by atoms with van der Waals surface area (Å²) in [5.41, 5.74) is 9.33. The quantitative estimate of drug-likeness (QED) is 0.238. The Kier molecular flexibility index (Phi) is 9.06. The molecular weight excluding hydrogens is 428 g/mol. The number of hydrogen-bond acceptors (Lipinski definition) is 3. The van der Waals surface area contributed by atoms with Crippen molar-refractivity contribution in [2.75, 3.05) is 26.7 Å². The van der Waals surface area contributed by atoms with E-state index in [1.807, 2.05) is 26.1 Å². The summed E-state index contributed by atoms with van der Waals surface area (Å²) in [4.78, 5) is 16.0. The van der Waals surface area contributed by atoms with Crippen LogP contribution in [-0.2, 0) is 11.2 Å². The Hall–Kier alpha value is -1.24.